The van der Waals surface area contributed by atoms with E-state index in [4.69, 9.17) is 4.74 Å². The van der Waals surface area contributed by atoms with Crippen LogP contribution in [0, 0.1) is 0 Å². The quantitative estimate of drug-likeness (QED) is 0.819. The number of aromatic nitrogens is 2. The lowest BCUT2D eigenvalue weighted by molar-refractivity contribution is -0.136. The lowest BCUT2D eigenvalue weighted by Crippen LogP contribution is -2.41. The third-order valence-electron chi connectivity index (χ3n) is 3.81. The molecular weight excluding hydrogens is 324 g/mol. The number of hydrogen-bond donors (Lipinski definition) is 1. The van der Waals surface area contributed by atoms with Gasteiger partial charge in [0.25, 0.3) is 5.91 Å². The summed E-state index contributed by atoms with van der Waals surface area (Å²) in [5, 5.41) is 6.66. The monoisotopic (exact) mass is 342 g/mol. The molecule has 130 valence electrons. The molecule has 1 aromatic heterocycles. The molecular formula is C17H18N4O4. The Kier molecular flexibility index (Phi) is 4.78. The molecule has 3 rings (SSSR count). The Morgan fingerprint density at radius 1 is 1.32 bits per heavy atom. The Labute approximate surface area is 144 Å². The van der Waals surface area contributed by atoms with Gasteiger partial charge in [-0.25, -0.2) is 9.59 Å². The van der Waals surface area contributed by atoms with Gasteiger partial charge in [0.05, 0.1) is 18.3 Å². The van der Waals surface area contributed by atoms with Gasteiger partial charge in [0, 0.05) is 19.3 Å². The second-order valence-corrected chi connectivity index (χ2v) is 5.68. The summed E-state index contributed by atoms with van der Waals surface area (Å²) < 4.78 is 6.78. The van der Waals surface area contributed by atoms with Crippen LogP contribution >= 0.6 is 0 Å². The Hall–Kier alpha value is -3.16. The van der Waals surface area contributed by atoms with Crippen LogP contribution in [0.1, 0.15) is 22.8 Å². The van der Waals surface area contributed by atoms with Crippen molar-refractivity contribution in [3.05, 3.63) is 53.9 Å². The molecule has 1 N–H and O–H groups in total. The second-order valence-electron chi connectivity index (χ2n) is 5.68. The lowest BCUT2D eigenvalue weighted by atomic mass is 10.2. The minimum atomic E-state index is -1.05. The fourth-order valence-electron chi connectivity index (χ4n) is 2.51. The van der Waals surface area contributed by atoms with E-state index >= 15 is 0 Å². The van der Waals surface area contributed by atoms with Gasteiger partial charge in [-0.3, -0.25) is 14.4 Å². The van der Waals surface area contributed by atoms with E-state index in [1.165, 1.54) is 13.1 Å². The molecule has 8 nitrogen and oxygen atoms in total. The molecule has 0 spiro atoms. The molecule has 1 aliphatic rings. The van der Waals surface area contributed by atoms with Crippen molar-refractivity contribution in [1.82, 2.24) is 20.0 Å². The van der Waals surface area contributed by atoms with Crippen LogP contribution < -0.4 is 5.32 Å². The first-order valence-electron chi connectivity index (χ1n) is 7.91. The van der Waals surface area contributed by atoms with Gasteiger partial charge >= 0.3 is 12.0 Å². The summed E-state index contributed by atoms with van der Waals surface area (Å²) in [6.45, 7) is 2.64. The van der Waals surface area contributed by atoms with E-state index in [0.717, 1.165) is 10.5 Å². The first kappa shape index (κ1) is 16.7. The van der Waals surface area contributed by atoms with Gasteiger partial charge in [-0.15, -0.1) is 0 Å². The summed E-state index contributed by atoms with van der Waals surface area (Å²) in [6.07, 6.45) is 1.91. The van der Waals surface area contributed by atoms with E-state index in [9.17, 15) is 14.4 Å². The van der Waals surface area contributed by atoms with Crippen molar-refractivity contribution in [2.75, 3.05) is 13.1 Å². The maximum absolute atomic E-state index is 12.2. The van der Waals surface area contributed by atoms with Gasteiger partial charge in [0.2, 0.25) is 0 Å². The summed E-state index contributed by atoms with van der Waals surface area (Å²) in [6, 6.07) is 9.23. The molecule has 3 amide bonds. The van der Waals surface area contributed by atoms with Crippen molar-refractivity contribution < 1.29 is 19.1 Å². The molecule has 2 heterocycles. The number of benzene rings is 1. The molecule has 8 heteroatoms. The highest BCUT2D eigenvalue weighted by Gasteiger charge is 2.31. The number of rotatable bonds is 5. The Morgan fingerprint density at radius 2 is 2.08 bits per heavy atom. The molecule has 1 unspecified atom stereocenters. The normalized spacial score (nSPS) is 14.9. The lowest BCUT2D eigenvalue weighted by Gasteiger charge is -2.17. The number of carbonyl (C=O) groups excluding carboxylic acids is 3. The fraction of sp³-hybridized carbons (Fsp3) is 0.294. The third kappa shape index (κ3) is 3.85. The molecule has 1 saturated heterocycles. The molecule has 1 fully saturated rings. The number of carbonyl (C=O) groups is 3. The zero-order chi connectivity index (χ0) is 17.8. The van der Waals surface area contributed by atoms with Crippen LogP contribution in [0.5, 0.6) is 0 Å². The SMILES string of the molecule is CC(OC(=O)c1cnn(Cc2ccccc2)c1)C(=O)N1CCNC1=O. The van der Waals surface area contributed by atoms with Crippen LogP contribution in [0.25, 0.3) is 0 Å². The minimum absolute atomic E-state index is 0.251. The van der Waals surface area contributed by atoms with Crippen molar-refractivity contribution in [3.8, 4) is 0 Å². The predicted octanol–water partition coefficient (Wildman–Crippen LogP) is 1.03. The molecule has 1 aliphatic heterocycles. The average molecular weight is 342 g/mol. The fourth-order valence-corrected chi connectivity index (χ4v) is 2.51. The van der Waals surface area contributed by atoms with Crippen molar-refractivity contribution in [3.63, 3.8) is 0 Å². The van der Waals surface area contributed by atoms with E-state index < -0.39 is 24.0 Å². The molecule has 1 aromatic carbocycles. The first-order valence-corrected chi connectivity index (χ1v) is 7.91. The van der Waals surface area contributed by atoms with E-state index in [1.54, 1.807) is 10.9 Å². The smallest absolute Gasteiger partial charge is 0.342 e. The molecule has 1 atom stereocenters. The number of hydrogen-bond acceptors (Lipinski definition) is 5. The summed E-state index contributed by atoms with van der Waals surface area (Å²) in [5.41, 5.74) is 1.30. The number of amides is 3. The Bertz CT molecular complexity index is 787. The number of imide groups is 1. The summed E-state index contributed by atoms with van der Waals surface area (Å²) in [4.78, 5) is 36.8. The van der Waals surface area contributed by atoms with Crippen LogP contribution in [-0.4, -0.2) is 51.8 Å². The zero-order valence-electron chi connectivity index (χ0n) is 13.7. The average Bonchev–Trinajstić information content (AvgIpc) is 3.24. The molecule has 0 aliphatic carbocycles. The summed E-state index contributed by atoms with van der Waals surface area (Å²) >= 11 is 0. The predicted molar refractivity (Wildman–Crippen MR) is 87.8 cm³/mol. The van der Waals surface area contributed by atoms with Crippen LogP contribution in [-0.2, 0) is 16.1 Å². The van der Waals surface area contributed by atoms with Gasteiger partial charge in [0.1, 0.15) is 0 Å². The van der Waals surface area contributed by atoms with E-state index in [2.05, 4.69) is 10.4 Å². The molecule has 0 bridgehead atoms. The second kappa shape index (κ2) is 7.16. The Morgan fingerprint density at radius 3 is 2.76 bits per heavy atom. The molecule has 0 radical (unpaired) electrons. The van der Waals surface area contributed by atoms with E-state index in [1.807, 2.05) is 30.3 Å². The summed E-state index contributed by atoms with van der Waals surface area (Å²) in [7, 11) is 0. The van der Waals surface area contributed by atoms with Gasteiger partial charge in [-0.1, -0.05) is 30.3 Å². The number of ether oxygens (including phenoxy) is 1. The number of esters is 1. The number of urea groups is 1. The molecule has 2 aromatic rings. The van der Waals surface area contributed by atoms with Crippen molar-refractivity contribution in [1.29, 1.82) is 0 Å². The maximum atomic E-state index is 12.2. The van der Waals surface area contributed by atoms with Crippen LogP contribution in [0.4, 0.5) is 4.79 Å². The van der Waals surface area contributed by atoms with Crippen LogP contribution in [0.3, 0.4) is 0 Å². The van der Waals surface area contributed by atoms with Gasteiger partial charge in [-0.2, -0.15) is 5.10 Å². The molecule has 0 saturated carbocycles. The van der Waals surface area contributed by atoms with Gasteiger partial charge in [0.15, 0.2) is 6.10 Å². The summed E-state index contributed by atoms with van der Waals surface area (Å²) in [5.74, 6) is -1.19. The number of nitrogens with zero attached hydrogens (tertiary/aromatic N) is 3. The third-order valence-corrected chi connectivity index (χ3v) is 3.81. The Balaban J connectivity index is 1.59. The first-order chi connectivity index (χ1) is 12.0. The largest absolute Gasteiger partial charge is 0.449 e. The topological polar surface area (TPSA) is 93.5 Å². The van der Waals surface area contributed by atoms with Gasteiger partial charge in [-0.05, 0) is 12.5 Å². The maximum Gasteiger partial charge on any atom is 0.342 e. The number of nitrogens with one attached hydrogen (secondary N) is 1. The standard InChI is InChI=1S/C17H18N4O4/c1-12(15(22)21-8-7-18-17(21)24)25-16(23)14-9-19-20(11-14)10-13-5-3-2-4-6-13/h2-6,9,11-12H,7-8,10H2,1H3,(H,18,24). The van der Waals surface area contributed by atoms with Gasteiger partial charge < -0.3 is 10.1 Å². The zero-order valence-corrected chi connectivity index (χ0v) is 13.7. The van der Waals surface area contributed by atoms with Crippen LogP contribution in [0.2, 0.25) is 0 Å². The van der Waals surface area contributed by atoms with Crippen molar-refractivity contribution in [2.45, 2.75) is 19.6 Å². The minimum Gasteiger partial charge on any atom is -0.449 e. The van der Waals surface area contributed by atoms with E-state index in [0.29, 0.717) is 13.1 Å². The van der Waals surface area contributed by atoms with Crippen LogP contribution in [0.15, 0.2) is 42.7 Å². The van der Waals surface area contributed by atoms with Crippen molar-refractivity contribution in [2.24, 2.45) is 0 Å². The van der Waals surface area contributed by atoms with E-state index in [-0.39, 0.29) is 12.1 Å². The highest BCUT2D eigenvalue weighted by atomic mass is 16.5. The highest BCUT2D eigenvalue weighted by Crippen LogP contribution is 2.09. The van der Waals surface area contributed by atoms with Crippen molar-refractivity contribution >= 4 is 17.9 Å². The highest BCUT2D eigenvalue weighted by molar-refractivity contribution is 5.99. The molecule has 25 heavy (non-hydrogen) atoms.